The largest absolute Gasteiger partial charge is 0.206 e. The summed E-state index contributed by atoms with van der Waals surface area (Å²) in [4.78, 5) is 0. The molecule has 2 aliphatic carbocycles. The van der Waals surface area contributed by atoms with Gasteiger partial charge in [0, 0.05) is 16.5 Å². The lowest BCUT2D eigenvalue weighted by Crippen LogP contribution is -2.02. The van der Waals surface area contributed by atoms with Crippen LogP contribution in [0.1, 0.15) is 36.5 Å². The minimum atomic E-state index is -0.127. The number of aryl methyl sites for hydroxylation is 1. The van der Waals surface area contributed by atoms with E-state index in [-0.39, 0.29) is 5.82 Å². The average molecular weight is 543 g/mol. The van der Waals surface area contributed by atoms with Crippen LogP contribution in [0, 0.1) is 11.7 Å². The van der Waals surface area contributed by atoms with Gasteiger partial charge >= 0.3 is 0 Å². The Hall–Kier alpha value is -4.75. The molecule has 0 aliphatic heterocycles. The SMILES string of the molecule is CC1C=CC=C(c2ccc3c(-c4ccc5ccccc5c4)c4ccccc4c(-c4ccc5c(c4)C=CCC5)c3c2F)C1. The van der Waals surface area contributed by atoms with Crippen molar-refractivity contribution < 1.29 is 4.39 Å². The van der Waals surface area contributed by atoms with Crippen molar-refractivity contribution in [1.29, 1.82) is 0 Å². The summed E-state index contributed by atoms with van der Waals surface area (Å²) >= 11 is 0. The van der Waals surface area contributed by atoms with E-state index >= 15 is 4.39 Å². The molecule has 0 spiro atoms. The zero-order valence-corrected chi connectivity index (χ0v) is 23.7. The van der Waals surface area contributed by atoms with Crippen LogP contribution >= 0.6 is 0 Å². The van der Waals surface area contributed by atoms with Crippen molar-refractivity contribution >= 4 is 44.0 Å². The maximum atomic E-state index is 17.3. The molecule has 6 aromatic carbocycles. The molecule has 6 aromatic rings. The van der Waals surface area contributed by atoms with Crippen molar-refractivity contribution in [3.63, 3.8) is 0 Å². The first-order valence-electron chi connectivity index (χ1n) is 15.0. The molecule has 0 nitrogen and oxygen atoms in total. The quantitative estimate of drug-likeness (QED) is 0.195. The maximum absolute atomic E-state index is 17.3. The highest BCUT2D eigenvalue weighted by atomic mass is 19.1. The molecule has 0 aromatic heterocycles. The summed E-state index contributed by atoms with van der Waals surface area (Å²) in [5.74, 6) is 0.258. The topological polar surface area (TPSA) is 0 Å². The molecule has 0 fully saturated rings. The minimum absolute atomic E-state index is 0.127. The van der Waals surface area contributed by atoms with Crippen molar-refractivity contribution in [2.75, 3.05) is 0 Å². The predicted octanol–water partition coefficient (Wildman–Crippen LogP) is 11.6. The van der Waals surface area contributed by atoms with Gasteiger partial charge in [-0.05, 0) is 97.6 Å². The third-order valence-corrected chi connectivity index (χ3v) is 9.10. The Kier molecular flexibility index (Phi) is 5.93. The van der Waals surface area contributed by atoms with Gasteiger partial charge in [0.25, 0.3) is 0 Å². The highest BCUT2D eigenvalue weighted by molar-refractivity contribution is 6.22. The van der Waals surface area contributed by atoms with Crippen molar-refractivity contribution in [2.24, 2.45) is 5.92 Å². The van der Waals surface area contributed by atoms with Gasteiger partial charge < -0.3 is 0 Å². The van der Waals surface area contributed by atoms with Crippen molar-refractivity contribution in [3.8, 4) is 22.3 Å². The number of fused-ring (bicyclic) bond motifs is 4. The van der Waals surface area contributed by atoms with Crippen LogP contribution in [-0.4, -0.2) is 0 Å². The first-order valence-corrected chi connectivity index (χ1v) is 15.0. The van der Waals surface area contributed by atoms with Crippen molar-refractivity contribution in [3.05, 3.63) is 144 Å². The summed E-state index contributed by atoms with van der Waals surface area (Å²) in [7, 11) is 0. The van der Waals surface area contributed by atoms with Crippen LogP contribution in [0.3, 0.4) is 0 Å². The van der Waals surface area contributed by atoms with E-state index in [0.717, 1.165) is 63.2 Å². The Balaban J connectivity index is 1.51. The van der Waals surface area contributed by atoms with Gasteiger partial charge in [0.05, 0.1) is 0 Å². The van der Waals surface area contributed by atoms with Gasteiger partial charge in [-0.3, -0.25) is 0 Å². The third kappa shape index (κ3) is 4.03. The Morgan fingerprint density at radius 1 is 0.714 bits per heavy atom. The number of hydrogen-bond donors (Lipinski definition) is 0. The molecule has 8 rings (SSSR count). The number of hydrogen-bond acceptors (Lipinski definition) is 0. The first-order chi connectivity index (χ1) is 20.7. The number of allylic oxidation sites excluding steroid dienone is 5. The Morgan fingerprint density at radius 3 is 2.33 bits per heavy atom. The lowest BCUT2D eigenvalue weighted by Gasteiger charge is -2.22. The molecule has 0 amide bonds. The van der Waals surface area contributed by atoms with Gasteiger partial charge in [-0.25, -0.2) is 4.39 Å². The van der Waals surface area contributed by atoms with Gasteiger partial charge in [0.15, 0.2) is 0 Å². The molecule has 202 valence electrons. The highest BCUT2D eigenvalue weighted by Gasteiger charge is 2.23. The average Bonchev–Trinajstić information content (AvgIpc) is 3.03. The lowest BCUT2D eigenvalue weighted by atomic mass is 9.82. The van der Waals surface area contributed by atoms with Crippen LogP contribution in [0.2, 0.25) is 0 Å². The van der Waals surface area contributed by atoms with E-state index in [1.54, 1.807) is 0 Å². The van der Waals surface area contributed by atoms with Crippen molar-refractivity contribution in [2.45, 2.75) is 26.2 Å². The fourth-order valence-corrected chi connectivity index (χ4v) is 7.06. The Labute approximate surface area is 246 Å². The normalized spacial score (nSPS) is 16.2. The second-order valence-electron chi connectivity index (χ2n) is 11.8. The molecule has 0 heterocycles. The molecule has 0 saturated heterocycles. The summed E-state index contributed by atoms with van der Waals surface area (Å²) in [6.07, 6.45) is 13.8. The molecule has 0 N–H and O–H groups in total. The van der Waals surface area contributed by atoms with E-state index in [1.165, 1.54) is 21.9 Å². The first kappa shape index (κ1) is 25.0. The van der Waals surface area contributed by atoms with Gasteiger partial charge in [-0.2, -0.15) is 0 Å². The lowest BCUT2D eigenvalue weighted by molar-refractivity contribution is 0.633. The van der Waals surface area contributed by atoms with Crippen LogP contribution < -0.4 is 0 Å². The summed E-state index contributed by atoms with van der Waals surface area (Å²) in [5, 5.41) is 6.26. The van der Waals surface area contributed by atoms with E-state index in [1.807, 2.05) is 6.07 Å². The molecule has 0 bridgehead atoms. The molecule has 0 saturated carbocycles. The van der Waals surface area contributed by atoms with E-state index in [9.17, 15) is 0 Å². The van der Waals surface area contributed by atoms with Gasteiger partial charge in [0.1, 0.15) is 5.82 Å². The smallest absolute Gasteiger partial charge is 0.139 e. The third-order valence-electron chi connectivity index (χ3n) is 9.10. The summed E-state index contributed by atoms with van der Waals surface area (Å²) in [5.41, 5.74) is 8.60. The predicted molar refractivity (Wildman–Crippen MR) is 178 cm³/mol. The Bertz CT molecular complexity index is 2140. The van der Waals surface area contributed by atoms with Crippen LogP contribution in [-0.2, 0) is 6.42 Å². The van der Waals surface area contributed by atoms with Crippen molar-refractivity contribution in [1.82, 2.24) is 0 Å². The van der Waals surface area contributed by atoms with Gasteiger partial charge in [-0.1, -0.05) is 122 Å². The van der Waals surface area contributed by atoms with E-state index in [0.29, 0.717) is 16.9 Å². The number of halogens is 1. The zero-order valence-electron chi connectivity index (χ0n) is 23.7. The Morgan fingerprint density at radius 2 is 1.48 bits per heavy atom. The summed E-state index contributed by atoms with van der Waals surface area (Å²) in [6.45, 7) is 2.19. The van der Waals surface area contributed by atoms with Crippen LogP contribution in [0.15, 0.2) is 121 Å². The van der Waals surface area contributed by atoms with E-state index < -0.39 is 0 Å². The highest BCUT2D eigenvalue weighted by Crippen LogP contribution is 2.47. The van der Waals surface area contributed by atoms with Crippen LogP contribution in [0.5, 0.6) is 0 Å². The zero-order chi connectivity index (χ0) is 28.2. The second-order valence-corrected chi connectivity index (χ2v) is 11.8. The molecule has 42 heavy (non-hydrogen) atoms. The number of benzene rings is 6. The maximum Gasteiger partial charge on any atom is 0.139 e. The summed E-state index contributed by atoms with van der Waals surface area (Å²) in [6, 6.07) is 34.5. The molecule has 0 radical (unpaired) electrons. The number of rotatable bonds is 3. The van der Waals surface area contributed by atoms with Gasteiger partial charge in [-0.15, -0.1) is 0 Å². The fraction of sp³-hybridized carbons (Fsp3) is 0.122. The molecule has 1 atom stereocenters. The van der Waals surface area contributed by atoms with E-state index in [2.05, 4.69) is 128 Å². The molecular formula is C41H31F. The van der Waals surface area contributed by atoms with Crippen LogP contribution in [0.25, 0.3) is 66.2 Å². The standard InChI is InChI=1S/C41H31F/c1-26-9-8-14-31(23-26)34-21-22-37-38(32-19-17-27-10-2-4-12-29(27)24-32)35-15-6-7-16-36(35)39(40(37)41(34)42)33-20-18-28-11-3-5-13-30(28)25-33/h2,4-10,12-22,24-26H,3,11,23H2,1H3. The second kappa shape index (κ2) is 9.96. The molecule has 1 unspecified atom stereocenters. The molecule has 2 aliphatic rings. The monoisotopic (exact) mass is 542 g/mol. The van der Waals surface area contributed by atoms with E-state index in [4.69, 9.17) is 0 Å². The fourth-order valence-electron chi connectivity index (χ4n) is 7.06. The van der Waals surface area contributed by atoms with Gasteiger partial charge in [0.2, 0.25) is 0 Å². The summed E-state index contributed by atoms with van der Waals surface area (Å²) < 4.78 is 17.3. The molecular weight excluding hydrogens is 511 g/mol. The van der Waals surface area contributed by atoms with Crippen LogP contribution in [0.4, 0.5) is 4.39 Å². The molecule has 1 heteroatoms. The minimum Gasteiger partial charge on any atom is -0.206 e.